The van der Waals surface area contributed by atoms with Gasteiger partial charge >= 0.3 is 6.18 Å². The van der Waals surface area contributed by atoms with E-state index in [4.69, 9.17) is 0 Å². The molecule has 0 radical (unpaired) electrons. The first-order chi connectivity index (χ1) is 11.6. The predicted molar refractivity (Wildman–Crippen MR) is 85.8 cm³/mol. The first kappa shape index (κ1) is 18.5. The van der Waals surface area contributed by atoms with E-state index in [1.54, 1.807) is 38.1 Å². The minimum absolute atomic E-state index is 0.129. The Morgan fingerprint density at radius 1 is 1.08 bits per heavy atom. The number of hydrogen-bond donors (Lipinski definition) is 2. The van der Waals surface area contributed by atoms with Gasteiger partial charge in [0.1, 0.15) is 6.54 Å². The van der Waals surface area contributed by atoms with Gasteiger partial charge in [-0.15, -0.1) is 0 Å². The van der Waals surface area contributed by atoms with Crippen molar-refractivity contribution in [3.63, 3.8) is 0 Å². The molecule has 25 heavy (non-hydrogen) atoms. The molecule has 2 N–H and O–H groups in total. The molecule has 2 aromatic rings. The number of hydrogen-bond acceptors (Lipinski definition) is 3. The average molecular weight is 354 g/mol. The van der Waals surface area contributed by atoms with Crippen LogP contribution >= 0.6 is 0 Å². The lowest BCUT2D eigenvalue weighted by molar-refractivity contribution is -0.141. The third kappa shape index (κ3) is 5.33. The van der Waals surface area contributed by atoms with Crippen molar-refractivity contribution in [2.24, 2.45) is 5.92 Å². The van der Waals surface area contributed by atoms with E-state index in [-0.39, 0.29) is 18.4 Å². The van der Waals surface area contributed by atoms with Gasteiger partial charge in [0, 0.05) is 23.5 Å². The summed E-state index contributed by atoms with van der Waals surface area (Å²) in [5, 5.41) is 8.56. The molecule has 9 heteroatoms. The molecule has 0 fully saturated rings. The van der Waals surface area contributed by atoms with Gasteiger partial charge in [0.15, 0.2) is 5.69 Å². The minimum atomic E-state index is -4.54. The summed E-state index contributed by atoms with van der Waals surface area (Å²) in [6, 6.07) is 7.20. The van der Waals surface area contributed by atoms with Crippen molar-refractivity contribution < 1.29 is 22.8 Å². The largest absolute Gasteiger partial charge is 0.435 e. The Hall–Kier alpha value is -2.84. The summed E-state index contributed by atoms with van der Waals surface area (Å²) in [6.07, 6.45) is -3.45. The second kappa shape index (κ2) is 7.37. The Bertz CT molecular complexity index is 751. The Balaban J connectivity index is 1.92. The molecule has 0 saturated carbocycles. The highest BCUT2D eigenvalue weighted by atomic mass is 19.4. The Kier molecular flexibility index (Phi) is 5.45. The molecule has 2 amide bonds. The average Bonchev–Trinajstić information content (AvgIpc) is 2.97. The molecule has 6 nitrogen and oxygen atoms in total. The van der Waals surface area contributed by atoms with Crippen molar-refractivity contribution in [1.29, 1.82) is 0 Å². The van der Waals surface area contributed by atoms with Crippen LogP contribution in [0.4, 0.5) is 24.5 Å². The molecule has 1 aromatic carbocycles. The number of anilines is 2. The van der Waals surface area contributed by atoms with Crippen molar-refractivity contribution in [1.82, 2.24) is 9.78 Å². The molecule has 0 spiro atoms. The normalized spacial score (nSPS) is 11.4. The van der Waals surface area contributed by atoms with Crippen LogP contribution in [0.15, 0.2) is 36.5 Å². The summed E-state index contributed by atoms with van der Waals surface area (Å²) in [7, 11) is 0. The summed E-state index contributed by atoms with van der Waals surface area (Å²) < 4.78 is 38.3. The monoisotopic (exact) mass is 354 g/mol. The number of rotatable bonds is 5. The summed E-state index contributed by atoms with van der Waals surface area (Å²) in [6.45, 7) is 3.19. The predicted octanol–water partition coefficient (Wildman–Crippen LogP) is 3.14. The van der Waals surface area contributed by atoms with Crippen molar-refractivity contribution >= 4 is 23.2 Å². The number of alkyl halides is 3. The zero-order valence-corrected chi connectivity index (χ0v) is 13.6. The summed E-state index contributed by atoms with van der Waals surface area (Å²) in [4.78, 5) is 23.4. The zero-order valence-electron chi connectivity index (χ0n) is 13.6. The van der Waals surface area contributed by atoms with Crippen molar-refractivity contribution in [3.05, 3.63) is 42.2 Å². The lowest BCUT2D eigenvalue weighted by Crippen LogP contribution is -2.20. The highest BCUT2D eigenvalue weighted by Gasteiger charge is 2.33. The SMILES string of the molecule is CC(C)C(=O)Nc1ccc(NC(=O)Cn2ccc(C(F)(F)F)n2)cc1. The van der Waals surface area contributed by atoms with Crippen LogP contribution in [0.5, 0.6) is 0 Å². The highest BCUT2D eigenvalue weighted by Crippen LogP contribution is 2.27. The molecule has 0 aliphatic rings. The smallest absolute Gasteiger partial charge is 0.326 e. The number of halogens is 3. The van der Waals surface area contributed by atoms with E-state index in [1.807, 2.05) is 0 Å². The fourth-order valence-corrected chi connectivity index (χ4v) is 1.87. The molecular formula is C16H17F3N4O2. The molecule has 0 aliphatic carbocycles. The van der Waals surface area contributed by atoms with Gasteiger partial charge in [-0.1, -0.05) is 13.8 Å². The number of aromatic nitrogens is 2. The van der Waals surface area contributed by atoms with E-state index in [2.05, 4.69) is 15.7 Å². The maximum absolute atomic E-state index is 12.5. The van der Waals surface area contributed by atoms with Gasteiger partial charge in [-0.3, -0.25) is 14.3 Å². The first-order valence-electron chi connectivity index (χ1n) is 7.46. The third-order valence-corrected chi connectivity index (χ3v) is 3.20. The topological polar surface area (TPSA) is 76.0 Å². The standard InChI is InChI=1S/C16H17F3N4O2/c1-10(2)15(25)21-12-5-3-11(4-6-12)20-14(24)9-23-8-7-13(22-23)16(17,18)19/h3-8,10H,9H2,1-2H3,(H,20,24)(H,21,25). The van der Waals surface area contributed by atoms with Crippen LogP contribution in [0.1, 0.15) is 19.5 Å². The maximum Gasteiger partial charge on any atom is 0.435 e. The van der Waals surface area contributed by atoms with Gasteiger partial charge in [-0.25, -0.2) is 0 Å². The fraction of sp³-hybridized carbons (Fsp3) is 0.312. The van der Waals surface area contributed by atoms with Gasteiger partial charge in [0.2, 0.25) is 11.8 Å². The first-order valence-corrected chi connectivity index (χ1v) is 7.46. The summed E-state index contributed by atoms with van der Waals surface area (Å²) in [5.41, 5.74) is -0.0140. The van der Waals surface area contributed by atoms with Gasteiger partial charge < -0.3 is 10.6 Å². The molecule has 1 aromatic heterocycles. The Morgan fingerprint density at radius 2 is 1.64 bits per heavy atom. The highest BCUT2D eigenvalue weighted by molar-refractivity contribution is 5.93. The van der Waals surface area contributed by atoms with Crippen LogP contribution < -0.4 is 10.6 Å². The van der Waals surface area contributed by atoms with Gasteiger partial charge in [-0.2, -0.15) is 18.3 Å². The second-order valence-electron chi connectivity index (χ2n) is 5.67. The number of nitrogens with zero attached hydrogens (tertiary/aromatic N) is 2. The van der Waals surface area contributed by atoms with Gasteiger partial charge in [0.05, 0.1) is 0 Å². The molecular weight excluding hydrogens is 337 g/mol. The van der Waals surface area contributed by atoms with Crippen LogP contribution in [-0.4, -0.2) is 21.6 Å². The van der Waals surface area contributed by atoms with Crippen molar-refractivity contribution in [3.8, 4) is 0 Å². The fourth-order valence-electron chi connectivity index (χ4n) is 1.87. The Morgan fingerprint density at radius 3 is 2.12 bits per heavy atom. The van der Waals surface area contributed by atoms with Gasteiger partial charge in [0.25, 0.3) is 0 Å². The van der Waals surface area contributed by atoms with E-state index in [0.717, 1.165) is 16.9 Å². The maximum atomic E-state index is 12.5. The number of carbonyl (C=O) groups excluding carboxylic acids is 2. The van der Waals surface area contributed by atoms with Crippen molar-refractivity contribution in [2.75, 3.05) is 10.6 Å². The number of benzene rings is 1. The minimum Gasteiger partial charge on any atom is -0.326 e. The van der Waals surface area contributed by atoms with Gasteiger partial charge in [-0.05, 0) is 30.3 Å². The lowest BCUT2D eigenvalue weighted by Gasteiger charge is -2.09. The van der Waals surface area contributed by atoms with E-state index in [1.165, 1.54) is 0 Å². The number of amides is 2. The molecule has 0 unspecified atom stereocenters. The molecule has 0 bridgehead atoms. The van der Waals surface area contributed by atoms with Crippen LogP contribution in [0.2, 0.25) is 0 Å². The molecule has 0 atom stereocenters. The second-order valence-corrected chi connectivity index (χ2v) is 5.67. The number of nitrogens with one attached hydrogen (secondary N) is 2. The molecule has 2 rings (SSSR count). The zero-order chi connectivity index (χ0) is 18.6. The summed E-state index contributed by atoms with van der Waals surface area (Å²) >= 11 is 0. The molecule has 134 valence electrons. The number of carbonyl (C=O) groups is 2. The van der Waals surface area contributed by atoms with E-state index in [9.17, 15) is 22.8 Å². The van der Waals surface area contributed by atoms with E-state index in [0.29, 0.717) is 11.4 Å². The Labute approximate surface area is 142 Å². The van der Waals surface area contributed by atoms with E-state index >= 15 is 0 Å². The molecule has 0 aliphatic heterocycles. The van der Waals surface area contributed by atoms with Crippen LogP contribution in [-0.2, 0) is 22.3 Å². The lowest BCUT2D eigenvalue weighted by atomic mass is 10.2. The van der Waals surface area contributed by atoms with E-state index < -0.39 is 17.8 Å². The molecule has 0 saturated heterocycles. The summed E-state index contributed by atoms with van der Waals surface area (Å²) in [5.74, 6) is -0.804. The quantitative estimate of drug-likeness (QED) is 0.866. The van der Waals surface area contributed by atoms with Crippen LogP contribution in [0, 0.1) is 5.92 Å². The van der Waals surface area contributed by atoms with Crippen molar-refractivity contribution in [2.45, 2.75) is 26.6 Å². The molecule has 1 heterocycles. The third-order valence-electron chi connectivity index (χ3n) is 3.20. The van der Waals surface area contributed by atoms with Crippen LogP contribution in [0.25, 0.3) is 0 Å². The van der Waals surface area contributed by atoms with Crippen LogP contribution in [0.3, 0.4) is 0 Å².